The van der Waals surface area contributed by atoms with E-state index in [2.05, 4.69) is 5.32 Å². The fraction of sp³-hybridized carbons (Fsp3) is 0.500. The summed E-state index contributed by atoms with van der Waals surface area (Å²) in [6.45, 7) is 0.153. The molecule has 0 aliphatic heterocycles. The summed E-state index contributed by atoms with van der Waals surface area (Å²) in [7, 11) is 1.52. The standard InChI is InChI=1S/C14H21NO5/c1-19-12-6-5-11(10-13(12)20-9-8-17)15-14(18)4-2-3-7-16/h5-6,10,16-17H,2-4,7-9H2,1H3,(H,15,18). The van der Waals surface area contributed by atoms with Crippen molar-refractivity contribution in [1.29, 1.82) is 0 Å². The van der Waals surface area contributed by atoms with Crippen molar-refractivity contribution < 1.29 is 24.5 Å². The summed E-state index contributed by atoms with van der Waals surface area (Å²) in [5.41, 5.74) is 0.604. The highest BCUT2D eigenvalue weighted by Gasteiger charge is 2.08. The molecule has 112 valence electrons. The van der Waals surface area contributed by atoms with E-state index in [1.54, 1.807) is 18.2 Å². The summed E-state index contributed by atoms with van der Waals surface area (Å²) in [4.78, 5) is 11.7. The molecule has 1 aromatic rings. The second kappa shape index (κ2) is 9.17. The Hall–Kier alpha value is -1.79. The van der Waals surface area contributed by atoms with Crippen LogP contribution in [0.15, 0.2) is 18.2 Å². The lowest BCUT2D eigenvalue weighted by molar-refractivity contribution is -0.116. The summed E-state index contributed by atoms with van der Waals surface area (Å²) in [6, 6.07) is 5.06. The highest BCUT2D eigenvalue weighted by Crippen LogP contribution is 2.30. The van der Waals surface area contributed by atoms with Crippen molar-refractivity contribution in [2.24, 2.45) is 0 Å². The zero-order valence-corrected chi connectivity index (χ0v) is 11.6. The Morgan fingerprint density at radius 1 is 1.20 bits per heavy atom. The van der Waals surface area contributed by atoms with Crippen LogP contribution in [0.5, 0.6) is 11.5 Å². The lowest BCUT2D eigenvalue weighted by Gasteiger charge is -2.12. The normalized spacial score (nSPS) is 10.2. The number of unbranched alkanes of at least 4 members (excludes halogenated alkanes) is 1. The molecule has 0 unspecified atom stereocenters. The van der Waals surface area contributed by atoms with E-state index < -0.39 is 0 Å². The number of benzene rings is 1. The van der Waals surface area contributed by atoms with Gasteiger partial charge in [0.15, 0.2) is 11.5 Å². The van der Waals surface area contributed by atoms with Gasteiger partial charge in [0.05, 0.1) is 13.7 Å². The lowest BCUT2D eigenvalue weighted by Crippen LogP contribution is -2.11. The molecule has 1 amide bonds. The van der Waals surface area contributed by atoms with Crippen molar-refractivity contribution in [3.63, 3.8) is 0 Å². The number of aliphatic hydroxyl groups excluding tert-OH is 2. The largest absolute Gasteiger partial charge is 0.493 e. The molecule has 0 saturated carbocycles. The number of carbonyl (C=O) groups excluding carboxylic acids is 1. The van der Waals surface area contributed by atoms with Crippen molar-refractivity contribution in [3.8, 4) is 11.5 Å². The second-order valence-electron chi connectivity index (χ2n) is 4.17. The molecule has 0 aliphatic rings. The summed E-state index contributed by atoms with van der Waals surface area (Å²) >= 11 is 0. The van der Waals surface area contributed by atoms with E-state index in [4.69, 9.17) is 19.7 Å². The average molecular weight is 283 g/mol. The molecule has 0 aromatic heterocycles. The number of hydrogen-bond acceptors (Lipinski definition) is 5. The minimum atomic E-state index is -0.114. The van der Waals surface area contributed by atoms with Crippen LogP contribution in [-0.4, -0.2) is 43.1 Å². The summed E-state index contributed by atoms with van der Waals surface area (Å²) in [5, 5.41) is 20.2. The van der Waals surface area contributed by atoms with Gasteiger partial charge >= 0.3 is 0 Å². The molecule has 1 aromatic carbocycles. The van der Waals surface area contributed by atoms with Crippen molar-refractivity contribution in [2.45, 2.75) is 19.3 Å². The Morgan fingerprint density at radius 2 is 2.00 bits per heavy atom. The monoisotopic (exact) mass is 283 g/mol. The first-order valence-electron chi connectivity index (χ1n) is 6.53. The Labute approximate surface area is 118 Å². The molecule has 0 fully saturated rings. The number of amides is 1. The maximum Gasteiger partial charge on any atom is 0.224 e. The average Bonchev–Trinajstić information content (AvgIpc) is 2.45. The van der Waals surface area contributed by atoms with E-state index in [1.807, 2.05) is 0 Å². The van der Waals surface area contributed by atoms with E-state index >= 15 is 0 Å². The van der Waals surface area contributed by atoms with Crippen LogP contribution in [0.2, 0.25) is 0 Å². The minimum absolute atomic E-state index is 0.0922. The molecule has 1 rings (SSSR count). The van der Waals surface area contributed by atoms with Gasteiger partial charge in [-0.15, -0.1) is 0 Å². The Balaban J connectivity index is 2.63. The molecule has 0 saturated heterocycles. The number of aliphatic hydroxyl groups is 2. The molecule has 0 heterocycles. The van der Waals surface area contributed by atoms with Gasteiger partial charge in [-0.2, -0.15) is 0 Å². The van der Waals surface area contributed by atoms with E-state index in [0.717, 1.165) is 0 Å². The van der Waals surface area contributed by atoms with Gasteiger partial charge in [0.1, 0.15) is 6.61 Å². The molecule has 6 heteroatoms. The SMILES string of the molecule is COc1ccc(NC(=O)CCCCO)cc1OCCO. The van der Waals surface area contributed by atoms with Crippen LogP contribution < -0.4 is 14.8 Å². The first-order valence-corrected chi connectivity index (χ1v) is 6.53. The van der Waals surface area contributed by atoms with Crippen LogP contribution in [0.3, 0.4) is 0 Å². The first-order chi connectivity index (χ1) is 9.71. The van der Waals surface area contributed by atoms with Crippen LogP contribution in [0.4, 0.5) is 5.69 Å². The third kappa shape index (κ3) is 5.46. The number of methoxy groups -OCH3 is 1. The Bertz CT molecular complexity index is 422. The van der Waals surface area contributed by atoms with Gasteiger partial charge in [0.25, 0.3) is 0 Å². The number of anilines is 1. The van der Waals surface area contributed by atoms with Crippen molar-refractivity contribution in [2.75, 3.05) is 32.2 Å². The Kier molecular flexibility index (Phi) is 7.46. The van der Waals surface area contributed by atoms with Crippen LogP contribution in [-0.2, 0) is 4.79 Å². The topological polar surface area (TPSA) is 88.0 Å². The molecular weight excluding hydrogens is 262 g/mol. The number of nitrogens with one attached hydrogen (secondary N) is 1. The van der Waals surface area contributed by atoms with Gasteiger partial charge in [0.2, 0.25) is 5.91 Å². The van der Waals surface area contributed by atoms with Crippen LogP contribution in [0, 0.1) is 0 Å². The predicted molar refractivity (Wildman–Crippen MR) is 75.1 cm³/mol. The summed E-state index contributed by atoms with van der Waals surface area (Å²) < 4.78 is 10.5. The van der Waals surface area contributed by atoms with E-state index in [9.17, 15) is 4.79 Å². The fourth-order valence-electron chi connectivity index (χ4n) is 1.64. The molecule has 20 heavy (non-hydrogen) atoms. The molecule has 0 bridgehead atoms. The molecule has 0 radical (unpaired) electrons. The van der Waals surface area contributed by atoms with Crippen molar-refractivity contribution >= 4 is 11.6 Å². The molecule has 0 spiro atoms. The summed E-state index contributed by atoms with van der Waals surface area (Å²) in [5.74, 6) is 0.892. The van der Waals surface area contributed by atoms with E-state index in [1.165, 1.54) is 7.11 Å². The zero-order chi connectivity index (χ0) is 14.8. The van der Waals surface area contributed by atoms with E-state index in [0.29, 0.717) is 36.4 Å². The maximum atomic E-state index is 11.7. The van der Waals surface area contributed by atoms with Gasteiger partial charge in [-0.05, 0) is 25.0 Å². The van der Waals surface area contributed by atoms with Crippen molar-refractivity contribution in [3.05, 3.63) is 18.2 Å². The summed E-state index contributed by atoms with van der Waals surface area (Å²) in [6.07, 6.45) is 1.62. The third-order valence-corrected chi connectivity index (χ3v) is 2.61. The molecule has 0 atom stereocenters. The van der Waals surface area contributed by atoms with Gasteiger partial charge in [0, 0.05) is 24.8 Å². The Morgan fingerprint density at radius 3 is 2.65 bits per heavy atom. The third-order valence-electron chi connectivity index (χ3n) is 2.61. The highest BCUT2D eigenvalue weighted by molar-refractivity contribution is 5.91. The van der Waals surface area contributed by atoms with Gasteiger partial charge in [-0.3, -0.25) is 4.79 Å². The van der Waals surface area contributed by atoms with E-state index in [-0.39, 0.29) is 25.7 Å². The van der Waals surface area contributed by atoms with Gasteiger partial charge in [-0.1, -0.05) is 0 Å². The number of ether oxygens (including phenoxy) is 2. The van der Waals surface area contributed by atoms with Gasteiger partial charge in [-0.25, -0.2) is 0 Å². The molecule has 6 nitrogen and oxygen atoms in total. The highest BCUT2D eigenvalue weighted by atomic mass is 16.5. The first kappa shape index (κ1) is 16.3. The van der Waals surface area contributed by atoms with Crippen LogP contribution >= 0.6 is 0 Å². The van der Waals surface area contributed by atoms with Crippen LogP contribution in [0.1, 0.15) is 19.3 Å². The lowest BCUT2D eigenvalue weighted by atomic mass is 10.2. The maximum absolute atomic E-state index is 11.7. The number of hydrogen-bond donors (Lipinski definition) is 3. The molecular formula is C14H21NO5. The quantitative estimate of drug-likeness (QED) is 0.592. The van der Waals surface area contributed by atoms with Crippen LogP contribution in [0.25, 0.3) is 0 Å². The smallest absolute Gasteiger partial charge is 0.224 e. The molecule has 0 aliphatic carbocycles. The zero-order valence-electron chi connectivity index (χ0n) is 11.6. The molecule has 3 N–H and O–H groups in total. The minimum Gasteiger partial charge on any atom is -0.493 e. The van der Waals surface area contributed by atoms with Gasteiger partial charge < -0.3 is 25.0 Å². The second-order valence-corrected chi connectivity index (χ2v) is 4.17. The fourth-order valence-corrected chi connectivity index (χ4v) is 1.64. The van der Waals surface area contributed by atoms with Crippen molar-refractivity contribution in [1.82, 2.24) is 0 Å². The predicted octanol–water partition coefficient (Wildman–Crippen LogP) is 1.17. The number of carbonyl (C=O) groups is 1. The number of rotatable bonds is 9.